The van der Waals surface area contributed by atoms with Crippen LogP contribution in [0.25, 0.3) is 0 Å². The summed E-state index contributed by atoms with van der Waals surface area (Å²) in [5.41, 5.74) is 0. The fourth-order valence-electron chi connectivity index (χ4n) is 0.361. The third kappa shape index (κ3) is 2.16. The van der Waals surface area contributed by atoms with Crippen LogP contribution in [0, 0.1) is 0 Å². The van der Waals surface area contributed by atoms with Gasteiger partial charge in [-0.15, -0.1) is 0 Å². The van der Waals surface area contributed by atoms with Crippen LogP contribution in [0.4, 0.5) is 0 Å². The van der Waals surface area contributed by atoms with Crippen molar-refractivity contribution in [2.45, 2.75) is 0 Å². The Balaban J connectivity index is 0.000000250. The molecule has 1 radical (unpaired) electrons. The SMILES string of the molecule is C1COCN1.[Na]. The van der Waals surface area contributed by atoms with E-state index in [0.29, 0.717) is 0 Å². The topological polar surface area (TPSA) is 21.3 Å². The first-order chi connectivity index (χ1) is 2.50. The number of rotatable bonds is 0. The Bertz CT molecular complexity index is 22.4. The molecule has 0 saturated carbocycles. The number of hydrogen-bond donors (Lipinski definition) is 1. The largest absolute Gasteiger partial charge is 0.365 e. The molecule has 1 aliphatic heterocycles. The van der Waals surface area contributed by atoms with Crippen LogP contribution in [0.3, 0.4) is 0 Å². The molecule has 0 spiro atoms. The first-order valence-corrected chi connectivity index (χ1v) is 1.78. The van der Waals surface area contributed by atoms with Crippen molar-refractivity contribution in [2.24, 2.45) is 0 Å². The molecular formula is C3H7NNaO. The molecule has 0 amide bonds. The summed E-state index contributed by atoms with van der Waals surface area (Å²) < 4.78 is 4.83. The standard InChI is InChI=1S/C3H7NO.Na/c1-2-5-3-4-1;/h4H,1-3H2;. The van der Waals surface area contributed by atoms with Gasteiger partial charge in [0.05, 0.1) is 13.3 Å². The van der Waals surface area contributed by atoms with Gasteiger partial charge in [0.15, 0.2) is 0 Å². The Morgan fingerprint density at radius 2 is 2.33 bits per heavy atom. The molecule has 0 aromatic rings. The quantitative estimate of drug-likeness (QED) is 0.398. The molecule has 1 heterocycles. The van der Waals surface area contributed by atoms with Crippen molar-refractivity contribution in [2.75, 3.05) is 19.9 Å². The van der Waals surface area contributed by atoms with Gasteiger partial charge in [-0.25, -0.2) is 0 Å². The van der Waals surface area contributed by atoms with Crippen LogP contribution in [-0.2, 0) is 4.74 Å². The summed E-state index contributed by atoms with van der Waals surface area (Å²) in [6, 6.07) is 0. The Morgan fingerprint density at radius 1 is 1.50 bits per heavy atom. The maximum Gasteiger partial charge on any atom is 0.0966 e. The van der Waals surface area contributed by atoms with Crippen molar-refractivity contribution in [3.8, 4) is 0 Å². The average molecular weight is 96.1 g/mol. The first kappa shape index (κ1) is 6.92. The van der Waals surface area contributed by atoms with E-state index in [9.17, 15) is 0 Å². The van der Waals surface area contributed by atoms with Gasteiger partial charge in [-0.2, -0.15) is 0 Å². The number of ether oxygens (including phenoxy) is 1. The Kier molecular flexibility index (Phi) is 4.72. The van der Waals surface area contributed by atoms with Gasteiger partial charge in [0.25, 0.3) is 0 Å². The van der Waals surface area contributed by atoms with Gasteiger partial charge in [0, 0.05) is 36.1 Å². The molecule has 0 atom stereocenters. The fraction of sp³-hybridized carbons (Fsp3) is 1.00. The van der Waals surface area contributed by atoms with Crippen molar-refractivity contribution in [1.29, 1.82) is 0 Å². The van der Waals surface area contributed by atoms with E-state index in [0.717, 1.165) is 19.9 Å². The van der Waals surface area contributed by atoms with E-state index in [2.05, 4.69) is 5.32 Å². The van der Waals surface area contributed by atoms with Crippen molar-refractivity contribution < 1.29 is 4.74 Å². The summed E-state index contributed by atoms with van der Waals surface area (Å²) in [7, 11) is 0. The zero-order valence-electron chi connectivity index (χ0n) is 4.03. The summed E-state index contributed by atoms with van der Waals surface area (Å²) in [5.74, 6) is 0. The molecule has 1 fully saturated rings. The minimum atomic E-state index is 0. The average Bonchev–Trinajstić information content (AvgIpc) is 1.76. The number of nitrogens with one attached hydrogen (secondary N) is 1. The van der Waals surface area contributed by atoms with Crippen LogP contribution in [0.5, 0.6) is 0 Å². The van der Waals surface area contributed by atoms with Crippen molar-refractivity contribution >= 4 is 29.6 Å². The van der Waals surface area contributed by atoms with Crippen LogP contribution >= 0.6 is 0 Å². The van der Waals surface area contributed by atoms with E-state index in [1.165, 1.54) is 0 Å². The minimum absolute atomic E-state index is 0. The van der Waals surface area contributed by atoms with Crippen LogP contribution in [0.15, 0.2) is 0 Å². The van der Waals surface area contributed by atoms with Gasteiger partial charge >= 0.3 is 0 Å². The van der Waals surface area contributed by atoms with Gasteiger partial charge in [-0.3, -0.25) is 5.32 Å². The van der Waals surface area contributed by atoms with Crippen molar-refractivity contribution in [3.63, 3.8) is 0 Å². The maximum atomic E-state index is 4.83. The summed E-state index contributed by atoms with van der Waals surface area (Å²) in [5, 5.41) is 3.00. The van der Waals surface area contributed by atoms with E-state index in [1.54, 1.807) is 0 Å². The monoisotopic (exact) mass is 96.0 g/mol. The molecule has 0 aliphatic carbocycles. The Hall–Kier alpha value is 0.920. The molecule has 3 heteroatoms. The molecule has 31 valence electrons. The van der Waals surface area contributed by atoms with Gasteiger partial charge in [-0.05, 0) is 0 Å². The summed E-state index contributed by atoms with van der Waals surface area (Å²) in [4.78, 5) is 0. The molecule has 1 aliphatic rings. The van der Waals surface area contributed by atoms with Gasteiger partial charge in [0.1, 0.15) is 0 Å². The summed E-state index contributed by atoms with van der Waals surface area (Å²) >= 11 is 0. The van der Waals surface area contributed by atoms with Gasteiger partial charge in [-0.1, -0.05) is 0 Å². The third-order valence-electron chi connectivity index (χ3n) is 0.627. The van der Waals surface area contributed by atoms with Crippen LogP contribution in [-0.4, -0.2) is 49.4 Å². The molecular weight excluding hydrogens is 89.0 g/mol. The van der Waals surface area contributed by atoms with E-state index < -0.39 is 0 Å². The molecule has 2 nitrogen and oxygen atoms in total. The second-order valence-corrected chi connectivity index (χ2v) is 1.05. The second kappa shape index (κ2) is 4.09. The zero-order chi connectivity index (χ0) is 3.54. The smallest absolute Gasteiger partial charge is 0.0966 e. The predicted molar refractivity (Wildman–Crippen MR) is 24.6 cm³/mol. The summed E-state index contributed by atoms with van der Waals surface area (Å²) in [6.07, 6.45) is 0. The molecule has 1 saturated heterocycles. The molecule has 0 aromatic heterocycles. The molecule has 1 rings (SSSR count). The third-order valence-corrected chi connectivity index (χ3v) is 0.627. The van der Waals surface area contributed by atoms with E-state index in [4.69, 9.17) is 4.74 Å². The summed E-state index contributed by atoms with van der Waals surface area (Å²) in [6.45, 7) is 2.67. The zero-order valence-corrected chi connectivity index (χ0v) is 6.03. The normalized spacial score (nSPS) is 20.0. The predicted octanol–water partition coefficient (Wildman–Crippen LogP) is -0.817. The molecule has 0 aromatic carbocycles. The van der Waals surface area contributed by atoms with Gasteiger partial charge < -0.3 is 4.74 Å². The molecule has 0 unspecified atom stereocenters. The second-order valence-electron chi connectivity index (χ2n) is 1.05. The van der Waals surface area contributed by atoms with Crippen LogP contribution in [0.1, 0.15) is 0 Å². The molecule has 0 bridgehead atoms. The fourth-order valence-corrected chi connectivity index (χ4v) is 0.361. The van der Waals surface area contributed by atoms with Crippen molar-refractivity contribution in [3.05, 3.63) is 0 Å². The van der Waals surface area contributed by atoms with Crippen LogP contribution in [0.2, 0.25) is 0 Å². The van der Waals surface area contributed by atoms with Gasteiger partial charge in [0.2, 0.25) is 0 Å². The van der Waals surface area contributed by atoms with Crippen molar-refractivity contribution in [1.82, 2.24) is 5.32 Å². The van der Waals surface area contributed by atoms with E-state index in [1.807, 2.05) is 0 Å². The molecule has 1 N–H and O–H groups in total. The van der Waals surface area contributed by atoms with E-state index >= 15 is 0 Å². The maximum absolute atomic E-state index is 4.83. The Labute approximate surface area is 59.5 Å². The van der Waals surface area contributed by atoms with Crippen LogP contribution < -0.4 is 5.32 Å². The first-order valence-electron chi connectivity index (χ1n) is 1.78. The van der Waals surface area contributed by atoms with E-state index in [-0.39, 0.29) is 29.6 Å². The minimum Gasteiger partial charge on any atom is -0.365 e. The Morgan fingerprint density at radius 3 is 2.50 bits per heavy atom. The number of hydrogen-bond acceptors (Lipinski definition) is 2. The molecule has 6 heavy (non-hydrogen) atoms.